The van der Waals surface area contributed by atoms with E-state index in [1.807, 2.05) is 150 Å². The van der Waals surface area contributed by atoms with Gasteiger partial charge in [0.25, 0.3) is 0 Å². The second-order valence-corrected chi connectivity index (χ2v) is 17.9. The summed E-state index contributed by atoms with van der Waals surface area (Å²) in [4.78, 5) is 60.4. The first-order valence-corrected chi connectivity index (χ1v) is 24.4. The lowest BCUT2D eigenvalue weighted by Crippen LogP contribution is -2.29. The SMILES string of the molecule is C.C=CC(=O)Nc1cc(Nc2nccc(-c3nc(C)c4ccccn34)n2)c(OC)cc1N(C)CCN(C)C.C=CC(=O)Nc1cc(Nc2nccc(-c3nc(C)c4ccccn34)n2)c(OC)cc1N(C)CCN(C)C.CC#N. The van der Waals surface area contributed by atoms with Gasteiger partial charge in [-0.05, 0) is 103 Å². The number of hydrogen-bond acceptors (Lipinski definition) is 17. The van der Waals surface area contributed by atoms with E-state index in [1.54, 1.807) is 32.7 Å². The fourth-order valence-electron chi connectivity index (χ4n) is 7.89. The third kappa shape index (κ3) is 14.9. The number of imidazole rings is 2. The summed E-state index contributed by atoms with van der Waals surface area (Å²) in [7, 11) is 15.2. The van der Waals surface area contributed by atoms with Gasteiger partial charge in [0.1, 0.15) is 22.9 Å². The van der Waals surface area contributed by atoms with E-state index in [4.69, 9.17) is 34.7 Å². The number of fused-ring (bicyclic) bond motifs is 2. The smallest absolute Gasteiger partial charge is 0.247 e. The first kappa shape index (κ1) is 59.5. The van der Waals surface area contributed by atoms with Gasteiger partial charge in [0.2, 0.25) is 23.7 Å². The van der Waals surface area contributed by atoms with Crippen molar-refractivity contribution in [1.82, 2.24) is 48.5 Å². The number of rotatable bonds is 20. The number of carbonyl (C=O) groups is 2. The highest BCUT2D eigenvalue weighted by atomic mass is 16.5. The first-order valence-electron chi connectivity index (χ1n) is 24.4. The predicted octanol–water partition coefficient (Wildman–Crippen LogP) is 9.11. The number of pyridine rings is 2. The maximum Gasteiger partial charge on any atom is 0.247 e. The molecule has 78 heavy (non-hydrogen) atoms. The van der Waals surface area contributed by atoms with Crippen LogP contribution in [0.2, 0.25) is 0 Å². The van der Waals surface area contributed by atoms with Crippen molar-refractivity contribution in [3.8, 4) is 40.6 Å². The maximum absolute atomic E-state index is 12.2. The summed E-state index contributed by atoms with van der Waals surface area (Å²) in [6, 6.07) is 24.7. The number of benzene rings is 2. The summed E-state index contributed by atoms with van der Waals surface area (Å²) in [5.41, 5.74) is 9.28. The van der Waals surface area contributed by atoms with E-state index >= 15 is 0 Å². The number of nitrogens with one attached hydrogen (secondary N) is 4. The number of ether oxygens (including phenoxy) is 2. The van der Waals surface area contributed by atoms with Crippen molar-refractivity contribution in [1.29, 1.82) is 5.26 Å². The molecule has 6 aromatic heterocycles. The molecule has 0 aliphatic rings. The van der Waals surface area contributed by atoms with Gasteiger partial charge in [-0.2, -0.15) is 5.26 Å². The zero-order chi connectivity index (χ0) is 55.8. The highest BCUT2D eigenvalue weighted by Crippen LogP contribution is 2.40. The van der Waals surface area contributed by atoms with Crippen LogP contribution < -0.4 is 40.5 Å². The van der Waals surface area contributed by atoms with E-state index in [2.05, 4.69) is 64.0 Å². The van der Waals surface area contributed by atoms with E-state index < -0.39 is 0 Å². The molecule has 0 bridgehead atoms. The number of aromatic nitrogens is 8. The van der Waals surface area contributed by atoms with Crippen LogP contribution in [0, 0.1) is 25.2 Å². The number of anilines is 8. The molecule has 8 aromatic rings. The summed E-state index contributed by atoms with van der Waals surface area (Å²) in [5, 5.41) is 19.6. The number of nitriles is 1. The van der Waals surface area contributed by atoms with Crippen LogP contribution in [0.25, 0.3) is 34.1 Å². The molecule has 0 atom stereocenters. The van der Waals surface area contributed by atoms with Gasteiger partial charge in [-0.15, -0.1) is 0 Å². The second kappa shape index (κ2) is 27.9. The molecule has 2 aromatic carbocycles. The minimum Gasteiger partial charge on any atom is -0.494 e. The van der Waals surface area contributed by atoms with Crippen LogP contribution in [-0.2, 0) is 9.59 Å². The molecule has 2 amide bonds. The van der Waals surface area contributed by atoms with Crippen molar-refractivity contribution in [2.45, 2.75) is 28.2 Å². The average molecular weight is 1060 g/mol. The highest BCUT2D eigenvalue weighted by molar-refractivity contribution is 6.03. The number of carbonyl (C=O) groups excluding carboxylic acids is 2. The summed E-state index contributed by atoms with van der Waals surface area (Å²) in [6.45, 7) is 15.7. The van der Waals surface area contributed by atoms with Crippen LogP contribution >= 0.6 is 0 Å². The molecule has 8 rings (SSSR count). The predicted molar refractivity (Wildman–Crippen MR) is 314 cm³/mol. The fraction of sp³-hybridized carbons (Fsp3) is 0.281. The maximum atomic E-state index is 12.2. The third-order valence-corrected chi connectivity index (χ3v) is 11.8. The molecule has 0 radical (unpaired) electrons. The van der Waals surface area contributed by atoms with Crippen molar-refractivity contribution < 1.29 is 19.1 Å². The van der Waals surface area contributed by atoms with E-state index in [-0.39, 0.29) is 19.2 Å². The number of likely N-dealkylation sites (N-methyl/N-ethyl adjacent to an activating group) is 4. The molecule has 0 saturated heterocycles. The Morgan fingerprint density at radius 3 is 1.35 bits per heavy atom. The Balaban J connectivity index is 0.000000270. The molecule has 21 nitrogen and oxygen atoms in total. The second-order valence-electron chi connectivity index (χ2n) is 17.9. The largest absolute Gasteiger partial charge is 0.494 e. The van der Waals surface area contributed by atoms with Gasteiger partial charge in [-0.1, -0.05) is 32.7 Å². The zero-order valence-electron chi connectivity index (χ0n) is 45.6. The third-order valence-electron chi connectivity index (χ3n) is 11.8. The van der Waals surface area contributed by atoms with Gasteiger partial charge in [-0.3, -0.25) is 18.4 Å². The highest BCUT2D eigenvalue weighted by Gasteiger charge is 2.20. The number of hydrogen-bond donors (Lipinski definition) is 4. The zero-order valence-corrected chi connectivity index (χ0v) is 45.6. The topological polar surface area (TPSA) is 224 Å². The van der Waals surface area contributed by atoms with Gasteiger partial charge < -0.3 is 50.3 Å². The normalized spacial score (nSPS) is 10.5. The Hall–Kier alpha value is -9.39. The van der Waals surface area contributed by atoms with E-state index in [1.165, 1.54) is 19.1 Å². The number of nitrogens with zero attached hydrogens (tertiary/aromatic N) is 13. The summed E-state index contributed by atoms with van der Waals surface area (Å²) >= 11 is 0. The molecule has 408 valence electrons. The van der Waals surface area contributed by atoms with Crippen LogP contribution in [0.15, 0.2) is 123 Å². The fourth-order valence-corrected chi connectivity index (χ4v) is 7.89. The number of aryl methyl sites for hydroxylation is 2. The van der Waals surface area contributed by atoms with E-state index in [9.17, 15) is 9.59 Å². The van der Waals surface area contributed by atoms with Gasteiger partial charge in [-0.25, -0.2) is 29.9 Å². The lowest BCUT2D eigenvalue weighted by atomic mass is 10.2. The molecule has 0 aliphatic carbocycles. The minimum absolute atomic E-state index is 0. The van der Waals surface area contributed by atoms with Crippen LogP contribution in [0.4, 0.5) is 46.0 Å². The van der Waals surface area contributed by atoms with E-state index in [0.717, 1.165) is 71.6 Å². The monoisotopic (exact) mass is 1060 g/mol. The summed E-state index contributed by atoms with van der Waals surface area (Å²) in [6.07, 6.45) is 9.77. The van der Waals surface area contributed by atoms with Gasteiger partial charge in [0.05, 0.1) is 76.8 Å². The molecule has 0 unspecified atom stereocenters. The number of methoxy groups -OCH3 is 2. The minimum atomic E-state index is -0.307. The standard InChI is InChI=1S/2C27H32N8O2.C2H3N.CH4/c2*1-7-25(36)30-20-16-21(24(37-6)17-23(20)34(5)15-14-33(3)4)32-27-28-12-11-19(31-27)26-29-18(2)22-10-8-9-13-35(22)26;1-2-3;/h2*7-13,16-17H,1,14-15H2,2-6H3,(H,30,36)(H,28,31,32);1H3;1H4. The van der Waals surface area contributed by atoms with Crippen molar-refractivity contribution in [2.24, 2.45) is 0 Å². The molecule has 0 spiro atoms. The van der Waals surface area contributed by atoms with Crippen molar-refractivity contribution in [3.05, 3.63) is 134 Å². The van der Waals surface area contributed by atoms with Crippen molar-refractivity contribution in [3.63, 3.8) is 0 Å². The lowest BCUT2D eigenvalue weighted by molar-refractivity contribution is -0.112. The molecule has 0 saturated carbocycles. The van der Waals surface area contributed by atoms with E-state index in [0.29, 0.717) is 57.5 Å². The molecular formula is C57H71N17O4. The molecule has 0 aliphatic heterocycles. The number of amides is 2. The van der Waals surface area contributed by atoms with Crippen LogP contribution in [0.1, 0.15) is 25.7 Å². The Morgan fingerprint density at radius 1 is 0.615 bits per heavy atom. The Kier molecular flexibility index (Phi) is 21.3. The van der Waals surface area contributed by atoms with Gasteiger partial charge in [0, 0.05) is 84.1 Å². The van der Waals surface area contributed by atoms with Gasteiger partial charge >= 0.3 is 0 Å². The summed E-state index contributed by atoms with van der Waals surface area (Å²) < 4.78 is 15.4. The van der Waals surface area contributed by atoms with Crippen molar-refractivity contribution >= 4 is 68.9 Å². The summed E-state index contributed by atoms with van der Waals surface area (Å²) in [5.74, 6) is 2.74. The molecule has 4 N–H and O–H groups in total. The Labute approximate surface area is 456 Å². The molecule has 21 heteroatoms. The Bertz CT molecular complexity index is 3180. The van der Waals surface area contributed by atoms with Crippen LogP contribution in [-0.4, -0.2) is 143 Å². The Morgan fingerprint density at radius 2 is 1.00 bits per heavy atom. The lowest BCUT2D eigenvalue weighted by Gasteiger charge is -2.26. The van der Waals surface area contributed by atoms with Crippen molar-refractivity contribution in [2.75, 3.05) is 114 Å². The van der Waals surface area contributed by atoms with Gasteiger partial charge in [0.15, 0.2) is 11.6 Å². The molecule has 6 heterocycles. The molecular weight excluding hydrogens is 987 g/mol. The molecule has 0 fully saturated rings. The quantitative estimate of drug-likeness (QED) is 0.0522. The first-order chi connectivity index (χ1) is 37.0. The van der Waals surface area contributed by atoms with Crippen LogP contribution in [0.5, 0.6) is 11.5 Å². The van der Waals surface area contributed by atoms with Crippen LogP contribution in [0.3, 0.4) is 0 Å². The average Bonchev–Trinajstić information content (AvgIpc) is 3.95.